The van der Waals surface area contributed by atoms with Crippen molar-refractivity contribution in [2.75, 3.05) is 5.32 Å². The van der Waals surface area contributed by atoms with Crippen LogP contribution in [0.5, 0.6) is 0 Å². The maximum absolute atomic E-state index is 3.91. The van der Waals surface area contributed by atoms with Crippen molar-refractivity contribution in [1.29, 1.82) is 0 Å². The molecule has 1 heteroatoms. The van der Waals surface area contributed by atoms with Gasteiger partial charge >= 0.3 is 0 Å². The molecule has 0 aliphatic heterocycles. The molecule has 1 nitrogen and oxygen atoms in total. The Kier molecular flexibility index (Phi) is 8.97. The van der Waals surface area contributed by atoms with E-state index in [4.69, 9.17) is 0 Å². The Morgan fingerprint density at radius 1 is 0.318 bits per heavy atom. The lowest BCUT2D eigenvalue weighted by Crippen LogP contribution is -2.27. The highest BCUT2D eigenvalue weighted by Crippen LogP contribution is 2.64. The molecule has 0 saturated heterocycles. The fourth-order valence-electron chi connectivity index (χ4n) is 11.0. The molecule has 1 N–H and O–H groups in total. The summed E-state index contributed by atoms with van der Waals surface area (Å²) in [7, 11) is 0. The van der Waals surface area contributed by atoms with Gasteiger partial charge in [0.05, 0.1) is 5.41 Å². The zero-order valence-electron chi connectivity index (χ0n) is 38.6. The normalized spacial score (nSPS) is 13.4. The molecule has 0 heterocycles. The predicted molar refractivity (Wildman–Crippen MR) is 281 cm³/mol. The van der Waals surface area contributed by atoms with Crippen molar-refractivity contribution in [3.63, 3.8) is 0 Å². The van der Waals surface area contributed by atoms with Gasteiger partial charge in [0.25, 0.3) is 0 Å². The average Bonchev–Trinajstić information content (AvgIpc) is 3.80. The summed E-state index contributed by atoms with van der Waals surface area (Å²) in [4.78, 5) is 0. The summed E-state index contributed by atoms with van der Waals surface area (Å²) in [5.74, 6) is 0. The van der Waals surface area contributed by atoms with E-state index in [0.717, 1.165) is 11.4 Å². The number of fused-ring (bicyclic) bond motifs is 12. The van der Waals surface area contributed by atoms with Gasteiger partial charge < -0.3 is 5.32 Å². The van der Waals surface area contributed by atoms with Gasteiger partial charge in [0.15, 0.2) is 0 Å². The Morgan fingerprint density at radius 3 is 1.33 bits per heavy atom. The highest BCUT2D eigenvalue weighted by Gasteiger charge is 2.52. The van der Waals surface area contributed by atoms with E-state index in [1.165, 1.54) is 111 Å². The first-order chi connectivity index (χ1) is 31.9. The maximum atomic E-state index is 3.91. The fourth-order valence-corrected chi connectivity index (χ4v) is 11.0. The van der Waals surface area contributed by atoms with Crippen molar-refractivity contribution in [2.45, 2.75) is 57.8 Å². The summed E-state index contributed by atoms with van der Waals surface area (Å²) in [6.07, 6.45) is 0. The third-order valence-corrected chi connectivity index (χ3v) is 14.6. The molecular formula is C65H53N. The van der Waals surface area contributed by atoms with Crippen molar-refractivity contribution in [3.05, 3.63) is 240 Å². The Hall–Kier alpha value is -7.48. The highest BCUT2D eigenvalue weighted by molar-refractivity contribution is 6.00. The van der Waals surface area contributed by atoms with Crippen LogP contribution in [0.15, 0.2) is 206 Å². The molecule has 0 fully saturated rings. The van der Waals surface area contributed by atoms with Crippen molar-refractivity contribution in [2.24, 2.45) is 0 Å². The average molecular weight is 848 g/mol. The van der Waals surface area contributed by atoms with Gasteiger partial charge in [-0.3, -0.25) is 0 Å². The van der Waals surface area contributed by atoms with Crippen molar-refractivity contribution < 1.29 is 0 Å². The molecule has 0 saturated carbocycles. The van der Waals surface area contributed by atoms with Gasteiger partial charge in [-0.25, -0.2) is 0 Å². The van der Waals surface area contributed by atoms with E-state index in [1.807, 2.05) is 0 Å². The Bertz CT molecular complexity index is 3490. The lowest BCUT2D eigenvalue weighted by molar-refractivity contribution is 0.586. The van der Waals surface area contributed by atoms with Gasteiger partial charge in [-0.15, -0.1) is 0 Å². The standard InChI is InChI=1S/C65H53N/c1-63(2,3)51-30-34-54-55-35-31-52(64(4,5)6)40-60(55)65(59(54)39-51)57-15-10-9-14-56(57)62-58(65)16-11-17-61(62)66-53-32-28-43(29-33-53)42-18-20-44(21-19-42)46-24-25-49-38-50(27-26-48(49)37-46)47-23-22-41-12-7-8-13-45(41)36-47/h7-40,66H,1-6H3. The van der Waals surface area contributed by atoms with Crippen LogP contribution in [-0.4, -0.2) is 0 Å². The zero-order chi connectivity index (χ0) is 45.0. The molecule has 12 rings (SSSR count). The molecule has 0 aromatic heterocycles. The molecule has 10 aromatic rings. The van der Waals surface area contributed by atoms with Crippen LogP contribution in [0.1, 0.15) is 74.9 Å². The van der Waals surface area contributed by atoms with Crippen LogP contribution in [0, 0.1) is 0 Å². The number of hydrogen-bond donors (Lipinski definition) is 1. The topological polar surface area (TPSA) is 12.0 Å². The summed E-state index contributed by atoms with van der Waals surface area (Å²) in [5, 5.41) is 8.94. The van der Waals surface area contributed by atoms with Crippen LogP contribution in [0.3, 0.4) is 0 Å². The minimum atomic E-state index is -0.429. The Morgan fingerprint density at radius 2 is 0.758 bits per heavy atom. The lowest BCUT2D eigenvalue weighted by atomic mass is 9.69. The van der Waals surface area contributed by atoms with E-state index < -0.39 is 5.41 Å². The first-order valence-electron chi connectivity index (χ1n) is 23.5. The second kappa shape index (κ2) is 14.8. The van der Waals surface area contributed by atoms with Crippen LogP contribution >= 0.6 is 0 Å². The summed E-state index contributed by atoms with van der Waals surface area (Å²) in [6, 6.07) is 77.4. The smallest absolute Gasteiger partial charge is 0.0726 e. The van der Waals surface area contributed by atoms with Crippen LogP contribution in [-0.2, 0) is 16.2 Å². The highest BCUT2D eigenvalue weighted by atomic mass is 14.9. The Balaban J connectivity index is 0.852. The summed E-state index contributed by atoms with van der Waals surface area (Å²) in [5.41, 5.74) is 22.6. The van der Waals surface area contributed by atoms with Crippen LogP contribution in [0.4, 0.5) is 11.4 Å². The van der Waals surface area contributed by atoms with E-state index in [0.29, 0.717) is 0 Å². The lowest BCUT2D eigenvalue weighted by Gasteiger charge is -2.33. The number of anilines is 2. The monoisotopic (exact) mass is 847 g/mol. The van der Waals surface area contributed by atoms with Crippen molar-refractivity contribution in [1.82, 2.24) is 0 Å². The number of hydrogen-bond acceptors (Lipinski definition) is 1. The number of nitrogens with one attached hydrogen (secondary N) is 1. The molecule has 0 radical (unpaired) electrons. The predicted octanol–water partition coefficient (Wildman–Crippen LogP) is 17.7. The molecule has 318 valence electrons. The number of rotatable bonds is 5. The molecule has 1 spiro atoms. The van der Waals surface area contributed by atoms with Crippen LogP contribution < -0.4 is 5.32 Å². The molecule has 0 unspecified atom stereocenters. The van der Waals surface area contributed by atoms with E-state index in [-0.39, 0.29) is 10.8 Å². The van der Waals surface area contributed by atoms with Crippen molar-refractivity contribution in [3.8, 4) is 55.6 Å². The minimum absolute atomic E-state index is 0.0165. The zero-order valence-corrected chi connectivity index (χ0v) is 38.6. The molecule has 10 aromatic carbocycles. The summed E-state index contributed by atoms with van der Waals surface area (Å²) < 4.78 is 0. The third kappa shape index (κ3) is 6.36. The van der Waals surface area contributed by atoms with Gasteiger partial charge in [0.2, 0.25) is 0 Å². The molecule has 0 amide bonds. The molecule has 2 aliphatic carbocycles. The second-order valence-corrected chi connectivity index (χ2v) is 20.7. The molecule has 0 atom stereocenters. The minimum Gasteiger partial charge on any atom is -0.355 e. The van der Waals surface area contributed by atoms with E-state index in [9.17, 15) is 0 Å². The maximum Gasteiger partial charge on any atom is 0.0726 e. The number of benzene rings is 10. The summed E-state index contributed by atoms with van der Waals surface area (Å²) in [6.45, 7) is 14.0. The van der Waals surface area contributed by atoms with Gasteiger partial charge in [-0.1, -0.05) is 211 Å². The van der Waals surface area contributed by atoms with Crippen LogP contribution in [0.2, 0.25) is 0 Å². The Labute approximate surface area is 389 Å². The molecule has 66 heavy (non-hydrogen) atoms. The van der Waals surface area contributed by atoms with Gasteiger partial charge in [-0.2, -0.15) is 0 Å². The first-order valence-corrected chi connectivity index (χ1v) is 23.5. The largest absolute Gasteiger partial charge is 0.355 e. The SMILES string of the molecule is CC(C)(C)c1ccc2c(c1)C1(c3cc(C(C)(C)C)ccc3-2)c2ccccc2-c2c(Nc3ccc(-c4ccc(-c5ccc6cc(-c7ccc8ccccc8c7)ccc6c5)cc4)cc3)cccc21. The van der Waals surface area contributed by atoms with Gasteiger partial charge in [0.1, 0.15) is 0 Å². The van der Waals surface area contributed by atoms with Crippen molar-refractivity contribution >= 4 is 32.9 Å². The summed E-state index contributed by atoms with van der Waals surface area (Å²) >= 11 is 0. The van der Waals surface area contributed by atoms with Gasteiger partial charge in [0, 0.05) is 16.9 Å². The third-order valence-electron chi connectivity index (χ3n) is 14.6. The van der Waals surface area contributed by atoms with E-state index in [2.05, 4.69) is 253 Å². The van der Waals surface area contributed by atoms with Crippen LogP contribution in [0.25, 0.3) is 77.2 Å². The van der Waals surface area contributed by atoms with Gasteiger partial charge in [-0.05, 0) is 152 Å². The fraction of sp³-hybridized carbons (Fsp3) is 0.138. The quantitative estimate of drug-likeness (QED) is 0.182. The van der Waals surface area contributed by atoms with E-state index >= 15 is 0 Å². The van der Waals surface area contributed by atoms with E-state index in [1.54, 1.807) is 0 Å². The molecule has 0 bridgehead atoms. The second-order valence-electron chi connectivity index (χ2n) is 20.7. The first kappa shape index (κ1) is 40.1. The molecular weight excluding hydrogens is 795 g/mol. The molecule has 2 aliphatic rings.